The van der Waals surface area contributed by atoms with Crippen LogP contribution in [0.15, 0.2) is 17.4 Å². The molecule has 0 saturated heterocycles. The van der Waals surface area contributed by atoms with Crippen LogP contribution in [0.5, 0.6) is 0 Å². The Bertz CT molecular complexity index is 525. The molecule has 0 bridgehead atoms. The highest BCUT2D eigenvalue weighted by Gasteiger charge is 2.07. The molecule has 0 amide bonds. The molecule has 0 aliphatic rings. The molecule has 0 radical (unpaired) electrons. The Labute approximate surface area is 101 Å². The van der Waals surface area contributed by atoms with E-state index in [9.17, 15) is 4.79 Å². The number of carboxylic acids is 1. The van der Waals surface area contributed by atoms with Crippen molar-refractivity contribution in [2.75, 3.05) is 5.75 Å². The van der Waals surface area contributed by atoms with Gasteiger partial charge in [0.1, 0.15) is 16.2 Å². The molecule has 6 heteroatoms. The molecular weight excluding hydrogens is 244 g/mol. The summed E-state index contributed by atoms with van der Waals surface area (Å²) in [7, 11) is 0. The van der Waals surface area contributed by atoms with Gasteiger partial charge in [-0.2, -0.15) is 0 Å². The molecule has 0 saturated carbocycles. The summed E-state index contributed by atoms with van der Waals surface area (Å²) in [6, 6.07) is 2.04. The van der Waals surface area contributed by atoms with Crippen molar-refractivity contribution in [1.29, 1.82) is 0 Å². The minimum atomic E-state index is -0.778. The highest BCUT2D eigenvalue weighted by molar-refractivity contribution is 7.99. The first-order valence-electron chi connectivity index (χ1n) is 4.72. The maximum absolute atomic E-state index is 10.4. The Morgan fingerprint density at radius 2 is 2.38 bits per heavy atom. The predicted octanol–water partition coefficient (Wildman–Crippen LogP) is 2.57. The van der Waals surface area contributed by atoms with Crippen LogP contribution in [0.3, 0.4) is 0 Å². The molecular formula is C10H10N2O2S2. The van der Waals surface area contributed by atoms with E-state index in [1.54, 1.807) is 11.3 Å². The van der Waals surface area contributed by atoms with Crippen molar-refractivity contribution in [2.24, 2.45) is 0 Å². The number of aliphatic carboxylic acids is 1. The second kappa shape index (κ2) is 4.80. The van der Waals surface area contributed by atoms with Crippen LogP contribution >= 0.6 is 23.1 Å². The van der Waals surface area contributed by atoms with Gasteiger partial charge in [0.15, 0.2) is 0 Å². The Morgan fingerprint density at radius 3 is 3.12 bits per heavy atom. The van der Waals surface area contributed by atoms with Gasteiger partial charge in [0.05, 0.1) is 6.42 Å². The summed E-state index contributed by atoms with van der Waals surface area (Å²) in [5, 5.41) is 10.5. The summed E-state index contributed by atoms with van der Waals surface area (Å²) < 4.78 is 0. The van der Waals surface area contributed by atoms with E-state index >= 15 is 0 Å². The smallest absolute Gasteiger partial charge is 0.304 e. The largest absolute Gasteiger partial charge is 0.481 e. The topological polar surface area (TPSA) is 63.1 Å². The maximum atomic E-state index is 10.4. The number of carbonyl (C=O) groups is 1. The Kier molecular flexibility index (Phi) is 3.40. The van der Waals surface area contributed by atoms with Gasteiger partial charge in [-0.05, 0) is 13.0 Å². The van der Waals surface area contributed by atoms with E-state index in [4.69, 9.17) is 5.11 Å². The van der Waals surface area contributed by atoms with E-state index in [0.717, 1.165) is 15.2 Å². The first kappa shape index (κ1) is 11.3. The fourth-order valence-corrected chi connectivity index (χ4v) is 3.12. The predicted molar refractivity (Wildman–Crippen MR) is 65.1 cm³/mol. The van der Waals surface area contributed by atoms with Gasteiger partial charge in [-0.15, -0.1) is 23.1 Å². The van der Waals surface area contributed by atoms with Gasteiger partial charge in [0, 0.05) is 16.0 Å². The molecule has 1 N–H and O–H groups in total. The van der Waals surface area contributed by atoms with Crippen molar-refractivity contribution in [3.05, 3.63) is 17.3 Å². The number of aryl methyl sites for hydroxylation is 1. The van der Waals surface area contributed by atoms with Crippen LogP contribution in [0.25, 0.3) is 10.2 Å². The number of hydrogen-bond donors (Lipinski definition) is 1. The lowest BCUT2D eigenvalue weighted by Crippen LogP contribution is -1.96. The van der Waals surface area contributed by atoms with Crippen LogP contribution in [-0.2, 0) is 4.79 Å². The van der Waals surface area contributed by atoms with Crippen molar-refractivity contribution in [3.8, 4) is 0 Å². The normalized spacial score (nSPS) is 10.8. The van der Waals surface area contributed by atoms with E-state index < -0.39 is 5.97 Å². The number of rotatable bonds is 4. The van der Waals surface area contributed by atoms with Gasteiger partial charge in [-0.25, -0.2) is 9.97 Å². The van der Waals surface area contributed by atoms with E-state index in [1.807, 2.05) is 13.0 Å². The fraction of sp³-hybridized carbons (Fsp3) is 0.300. The van der Waals surface area contributed by atoms with Gasteiger partial charge in [-0.3, -0.25) is 4.79 Å². The molecule has 0 unspecified atom stereocenters. The standard InChI is InChI=1S/C10H10N2O2S2/c1-6-4-7-9(15-3-2-8(13)14)11-5-12-10(7)16-6/h4-5H,2-3H2,1H3,(H,13,14). The lowest BCUT2D eigenvalue weighted by atomic mass is 10.4. The number of fused-ring (bicyclic) bond motifs is 1. The van der Waals surface area contributed by atoms with Crippen LogP contribution < -0.4 is 0 Å². The van der Waals surface area contributed by atoms with Crippen LogP contribution in [0.1, 0.15) is 11.3 Å². The van der Waals surface area contributed by atoms with Gasteiger partial charge in [-0.1, -0.05) is 0 Å². The summed E-state index contributed by atoms with van der Waals surface area (Å²) in [5.41, 5.74) is 0. The highest BCUT2D eigenvalue weighted by Crippen LogP contribution is 2.30. The van der Waals surface area contributed by atoms with Crippen LogP contribution in [0, 0.1) is 6.92 Å². The number of thioether (sulfide) groups is 1. The third-order valence-corrected chi connectivity index (χ3v) is 3.94. The SMILES string of the molecule is Cc1cc2c(SCCC(=O)O)ncnc2s1. The molecule has 0 fully saturated rings. The van der Waals surface area contributed by atoms with Crippen molar-refractivity contribution in [1.82, 2.24) is 9.97 Å². The maximum Gasteiger partial charge on any atom is 0.304 e. The molecule has 4 nitrogen and oxygen atoms in total. The first-order valence-corrected chi connectivity index (χ1v) is 6.53. The number of thiophene rings is 1. The average molecular weight is 254 g/mol. The zero-order valence-electron chi connectivity index (χ0n) is 8.64. The molecule has 84 valence electrons. The molecule has 2 aromatic rings. The minimum Gasteiger partial charge on any atom is -0.481 e. The molecule has 2 heterocycles. The van der Waals surface area contributed by atoms with E-state index in [0.29, 0.717) is 5.75 Å². The molecule has 16 heavy (non-hydrogen) atoms. The highest BCUT2D eigenvalue weighted by atomic mass is 32.2. The molecule has 2 aromatic heterocycles. The number of hydrogen-bond acceptors (Lipinski definition) is 5. The fourth-order valence-electron chi connectivity index (χ4n) is 1.30. The number of carboxylic acid groups (broad SMARTS) is 1. The summed E-state index contributed by atoms with van der Waals surface area (Å²) >= 11 is 3.09. The third kappa shape index (κ3) is 2.51. The first-order chi connectivity index (χ1) is 7.66. The Hall–Kier alpha value is -1.14. The van der Waals surface area contributed by atoms with Gasteiger partial charge < -0.3 is 5.11 Å². The Morgan fingerprint density at radius 1 is 1.56 bits per heavy atom. The summed E-state index contributed by atoms with van der Waals surface area (Å²) in [5.74, 6) is -0.240. The summed E-state index contributed by atoms with van der Waals surface area (Å²) in [6.45, 7) is 2.03. The molecule has 0 aliphatic carbocycles. The van der Waals surface area contributed by atoms with Gasteiger partial charge in [0.25, 0.3) is 0 Å². The van der Waals surface area contributed by atoms with Crippen molar-refractivity contribution < 1.29 is 9.90 Å². The minimum absolute atomic E-state index is 0.152. The zero-order chi connectivity index (χ0) is 11.5. The van der Waals surface area contributed by atoms with Gasteiger partial charge in [0.2, 0.25) is 0 Å². The van der Waals surface area contributed by atoms with Crippen LogP contribution in [0.2, 0.25) is 0 Å². The van der Waals surface area contributed by atoms with Crippen molar-refractivity contribution in [2.45, 2.75) is 18.4 Å². The molecule has 2 rings (SSSR count). The van der Waals surface area contributed by atoms with Crippen molar-refractivity contribution >= 4 is 39.3 Å². The quantitative estimate of drug-likeness (QED) is 0.671. The molecule has 0 spiro atoms. The van der Waals surface area contributed by atoms with Crippen molar-refractivity contribution in [3.63, 3.8) is 0 Å². The zero-order valence-corrected chi connectivity index (χ0v) is 10.3. The van der Waals surface area contributed by atoms with Gasteiger partial charge >= 0.3 is 5.97 Å². The second-order valence-electron chi connectivity index (χ2n) is 3.25. The summed E-state index contributed by atoms with van der Waals surface area (Å²) in [6.07, 6.45) is 1.68. The van der Waals surface area contributed by atoms with E-state index in [1.165, 1.54) is 23.0 Å². The van der Waals surface area contributed by atoms with Crippen LogP contribution in [0.4, 0.5) is 0 Å². The number of nitrogens with zero attached hydrogens (tertiary/aromatic N) is 2. The summed E-state index contributed by atoms with van der Waals surface area (Å²) in [4.78, 5) is 20.9. The van der Waals surface area contributed by atoms with E-state index in [-0.39, 0.29) is 6.42 Å². The van der Waals surface area contributed by atoms with E-state index in [2.05, 4.69) is 9.97 Å². The monoisotopic (exact) mass is 254 g/mol. The lowest BCUT2D eigenvalue weighted by Gasteiger charge is -1.99. The van der Waals surface area contributed by atoms with Crippen LogP contribution in [-0.4, -0.2) is 26.8 Å². The average Bonchev–Trinajstić information content (AvgIpc) is 2.58. The number of aromatic nitrogens is 2. The lowest BCUT2D eigenvalue weighted by molar-refractivity contribution is -0.136. The Balaban J connectivity index is 2.20. The molecule has 0 aromatic carbocycles. The third-order valence-electron chi connectivity index (χ3n) is 1.97. The molecule has 0 atom stereocenters. The molecule has 0 aliphatic heterocycles. The second-order valence-corrected chi connectivity index (χ2v) is 5.57.